The van der Waals surface area contributed by atoms with E-state index in [0.717, 1.165) is 25.1 Å². The van der Waals surface area contributed by atoms with Gasteiger partial charge in [-0.05, 0) is 61.4 Å². The van der Waals surface area contributed by atoms with Crippen LogP contribution in [0.2, 0.25) is 0 Å². The number of methoxy groups -OCH3 is 1. The van der Waals surface area contributed by atoms with Crippen molar-refractivity contribution in [2.45, 2.75) is 32.1 Å². The molecule has 0 amide bonds. The van der Waals surface area contributed by atoms with Crippen molar-refractivity contribution in [1.82, 2.24) is 0 Å². The van der Waals surface area contributed by atoms with Gasteiger partial charge in [0, 0.05) is 0 Å². The molecule has 1 aliphatic carbocycles. The van der Waals surface area contributed by atoms with E-state index < -0.39 is 0 Å². The standard InChI is InChI=1S/C13H19NO/c1-15-13-8-7-10-4-2-5-11(10)12(13)6-3-9-14/h7-8H,2-6,9,14H2,1H3. The third-order valence-electron chi connectivity index (χ3n) is 3.21. The average Bonchev–Trinajstić information content (AvgIpc) is 2.73. The van der Waals surface area contributed by atoms with Crippen molar-refractivity contribution in [3.8, 4) is 5.75 Å². The second-order valence-electron chi connectivity index (χ2n) is 4.13. The second-order valence-corrected chi connectivity index (χ2v) is 4.13. The molecule has 1 aromatic rings. The summed E-state index contributed by atoms with van der Waals surface area (Å²) >= 11 is 0. The first-order valence-corrected chi connectivity index (χ1v) is 5.74. The first-order valence-electron chi connectivity index (χ1n) is 5.74. The van der Waals surface area contributed by atoms with Crippen LogP contribution in [0, 0.1) is 0 Å². The Kier molecular flexibility index (Phi) is 3.27. The molecule has 2 nitrogen and oxygen atoms in total. The Labute approximate surface area is 91.4 Å². The van der Waals surface area contributed by atoms with E-state index in [9.17, 15) is 0 Å². The quantitative estimate of drug-likeness (QED) is 0.816. The van der Waals surface area contributed by atoms with E-state index >= 15 is 0 Å². The van der Waals surface area contributed by atoms with Crippen molar-refractivity contribution < 1.29 is 4.74 Å². The topological polar surface area (TPSA) is 35.2 Å². The molecule has 0 unspecified atom stereocenters. The highest BCUT2D eigenvalue weighted by atomic mass is 16.5. The molecule has 2 heteroatoms. The van der Waals surface area contributed by atoms with Gasteiger partial charge in [0.15, 0.2) is 0 Å². The van der Waals surface area contributed by atoms with Crippen molar-refractivity contribution in [3.05, 3.63) is 28.8 Å². The van der Waals surface area contributed by atoms with Gasteiger partial charge in [-0.15, -0.1) is 0 Å². The number of benzene rings is 1. The Balaban J connectivity index is 2.34. The van der Waals surface area contributed by atoms with E-state index in [1.54, 1.807) is 7.11 Å². The predicted octanol–water partition coefficient (Wildman–Crippen LogP) is 2.08. The maximum atomic E-state index is 5.57. The van der Waals surface area contributed by atoms with Crippen molar-refractivity contribution in [2.24, 2.45) is 5.73 Å². The van der Waals surface area contributed by atoms with Gasteiger partial charge >= 0.3 is 0 Å². The highest BCUT2D eigenvalue weighted by Gasteiger charge is 2.17. The van der Waals surface area contributed by atoms with Gasteiger partial charge < -0.3 is 10.5 Å². The zero-order valence-corrected chi connectivity index (χ0v) is 9.38. The highest BCUT2D eigenvalue weighted by molar-refractivity contribution is 5.47. The van der Waals surface area contributed by atoms with Gasteiger partial charge in [0.25, 0.3) is 0 Å². The first kappa shape index (κ1) is 10.5. The lowest BCUT2D eigenvalue weighted by Crippen LogP contribution is -2.04. The summed E-state index contributed by atoms with van der Waals surface area (Å²) in [6.07, 6.45) is 5.84. The molecule has 2 rings (SSSR count). The fourth-order valence-electron chi connectivity index (χ4n) is 2.47. The number of fused-ring (bicyclic) bond motifs is 1. The average molecular weight is 205 g/mol. The molecular weight excluding hydrogens is 186 g/mol. The smallest absolute Gasteiger partial charge is 0.122 e. The molecule has 15 heavy (non-hydrogen) atoms. The maximum Gasteiger partial charge on any atom is 0.122 e. The van der Waals surface area contributed by atoms with Crippen molar-refractivity contribution in [3.63, 3.8) is 0 Å². The van der Waals surface area contributed by atoms with Crippen LogP contribution in [0.5, 0.6) is 5.75 Å². The largest absolute Gasteiger partial charge is 0.496 e. The molecule has 0 heterocycles. The van der Waals surface area contributed by atoms with Gasteiger partial charge in [-0.25, -0.2) is 0 Å². The van der Waals surface area contributed by atoms with Crippen LogP contribution >= 0.6 is 0 Å². The predicted molar refractivity (Wildman–Crippen MR) is 62.4 cm³/mol. The van der Waals surface area contributed by atoms with Crippen LogP contribution in [0.1, 0.15) is 29.5 Å². The number of aryl methyl sites for hydroxylation is 1. The van der Waals surface area contributed by atoms with Gasteiger partial charge in [-0.1, -0.05) is 6.07 Å². The van der Waals surface area contributed by atoms with Crippen molar-refractivity contribution in [1.29, 1.82) is 0 Å². The molecule has 1 aromatic carbocycles. The summed E-state index contributed by atoms with van der Waals surface area (Å²) in [4.78, 5) is 0. The van der Waals surface area contributed by atoms with E-state index in [4.69, 9.17) is 10.5 Å². The van der Waals surface area contributed by atoms with Crippen LogP contribution in [0.25, 0.3) is 0 Å². The zero-order valence-electron chi connectivity index (χ0n) is 9.38. The van der Waals surface area contributed by atoms with Crippen molar-refractivity contribution >= 4 is 0 Å². The summed E-state index contributed by atoms with van der Waals surface area (Å²) in [6, 6.07) is 4.32. The van der Waals surface area contributed by atoms with E-state index in [2.05, 4.69) is 12.1 Å². The second kappa shape index (κ2) is 4.67. The van der Waals surface area contributed by atoms with Gasteiger partial charge in [-0.2, -0.15) is 0 Å². The maximum absolute atomic E-state index is 5.57. The van der Waals surface area contributed by atoms with Crippen LogP contribution in [-0.2, 0) is 19.3 Å². The van der Waals surface area contributed by atoms with E-state index in [0.29, 0.717) is 0 Å². The fourth-order valence-corrected chi connectivity index (χ4v) is 2.47. The summed E-state index contributed by atoms with van der Waals surface area (Å²) < 4.78 is 5.43. The Morgan fingerprint density at radius 3 is 2.93 bits per heavy atom. The molecule has 0 radical (unpaired) electrons. The summed E-state index contributed by atoms with van der Waals surface area (Å²) in [7, 11) is 1.75. The first-order chi connectivity index (χ1) is 7.36. The Hall–Kier alpha value is -1.02. The van der Waals surface area contributed by atoms with Crippen LogP contribution < -0.4 is 10.5 Å². The Morgan fingerprint density at radius 1 is 1.33 bits per heavy atom. The molecule has 0 aromatic heterocycles. The molecule has 0 bridgehead atoms. The summed E-state index contributed by atoms with van der Waals surface area (Å²) in [5.41, 5.74) is 10.0. The molecule has 0 atom stereocenters. The number of nitrogens with two attached hydrogens (primary N) is 1. The molecule has 0 spiro atoms. The number of rotatable bonds is 4. The number of ether oxygens (including phenoxy) is 1. The SMILES string of the molecule is COc1ccc2c(c1CCCN)CCC2. The third-order valence-corrected chi connectivity index (χ3v) is 3.21. The van der Waals surface area contributed by atoms with Crippen molar-refractivity contribution in [2.75, 3.05) is 13.7 Å². The fraction of sp³-hybridized carbons (Fsp3) is 0.538. The lowest BCUT2D eigenvalue weighted by atomic mass is 9.98. The molecular formula is C13H19NO. The summed E-state index contributed by atoms with van der Waals surface area (Å²) in [5.74, 6) is 1.05. The summed E-state index contributed by atoms with van der Waals surface area (Å²) in [5, 5.41) is 0. The molecule has 0 saturated heterocycles. The molecule has 1 aliphatic rings. The van der Waals surface area contributed by atoms with Gasteiger partial charge in [0.2, 0.25) is 0 Å². The number of hydrogen-bond acceptors (Lipinski definition) is 2. The minimum absolute atomic E-state index is 0.757. The Bertz CT molecular complexity index is 347. The summed E-state index contributed by atoms with van der Waals surface area (Å²) in [6.45, 7) is 0.757. The monoisotopic (exact) mass is 205 g/mol. The normalized spacial score (nSPS) is 14.0. The molecule has 0 fully saturated rings. The minimum atomic E-state index is 0.757. The lowest BCUT2D eigenvalue weighted by molar-refractivity contribution is 0.408. The van der Waals surface area contributed by atoms with Gasteiger partial charge in [0.05, 0.1) is 7.11 Å². The van der Waals surface area contributed by atoms with Crippen LogP contribution in [-0.4, -0.2) is 13.7 Å². The Morgan fingerprint density at radius 2 is 2.20 bits per heavy atom. The molecule has 82 valence electrons. The van der Waals surface area contributed by atoms with E-state index in [1.165, 1.54) is 36.0 Å². The van der Waals surface area contributed by atoms with Crippen LogP contribution in [0.4, 0.5) is 0 Å². The van der Waals surface area contributed by atoms with Crippen LogP contribution in [0.15, 0.2) is 12.1 Å². The third kappa shape index (κ3) is 2.00. The minimum Gasteiger partial charge on any atom is -0.496 e. The highest BCUT2D eigenvalue weighted by Crippen LogP contribution is 2.32. The van der Waals surface area contributed by atoms with Gasteiger partial charge in [0.1, 0.15) is 5.75 Å². The molecule has 0 aliphatic heterocycles. The van der Waals surface area contributed by atoms with E-state index in [1.807, 2.05) is 0 Å². The lowest BCUT2D eigenvalue weighted by Gasteiger charge is -2.13. The molecule has 2 N–H and O–H groups in total. The zero-order chi connectivity index (χ0) is 10.7. The van der Waals surface area contributed by atoms with E-state index in [-0.39, 0.29) is 0 Å². The number of hydrogen-bond donors (Lipinski definition) is 1. The molecule has 0 saturated carbocycles. The van der Waals surface area contributed by atoms with Crippen LogP contribution in [0.3, 0.4) is 0 Å². The van der Waals surface area contributed by atoms with Gasteiger partial charge in [-0.3, -0.25) is 0 Å².